The number of hydrogen-bond donors (Lipinski definition) is 0. The summed E-state index contributed by atoms with van der Waals surface area (Å²) in [5.41, 5.74) is 0.990. The predicted molar refractivity (Wildman–Crippen MR) is 39.0 cm³/mol. The van der Waals surface area contributed by atoms with Crippen LogP contribution in [0.15, 0.2) is 9.62 Å². The summed E-state index contributed by atoms with van der Waals surface area (Å²) in [4.78, 5) is 0. The maximum absolute atomic E-state index is 10.7. The van der Waals surface area contributed by atoms with Crippen LogP contribution in [-0.2, 0) is 9.05 Å². The number of aryl methyl sites for hydroxylation is 1. The first-order valence-corrected chi connectivity index (χ1v) is 5.11. The lowest BCUT2D eigenvalue weighted by Gasteiger charge is -1.87. The van der Waals surface area contributed by atoms with Crippen LogP contribution in [0.3, 0.4) is 0 Å². The third kappa shape index (κ3) is 1.54. The molecule has 0 N–H and O–H groups in total. The van der Waals surface area contributed by atoms with Crippen molar-refractivity contribution in [1.29, 1.82) is 0 Å². The van der Waals surface area contributed by atoms with Crippen molar-refractivity contribution in [2.45, 2.75) is 18.9 Å². The Morgan fingerprint density at radius 2 is 2.00 bits per heavy atom. The van der Waals surface area contributed by atoms with Gasteiger partial charge in [0.1, 0.15) is 0 Å². The standard InChI is InChI=1S/C5H6ClNO3S/c1-3-4(2)7-10-5(3)11(6,8)9/h1-2H3. The van der Waals surface area contributed by atoms with Gasteiger partial charge in [0.25, 0.3) is 14.1 Å². The molecule has 1 rings (SSSR count). The van der Waals surface area contributed by atoms with Gasteiger partial charge in [-0.3, -0.25) is 0 Å². The molecular weight excluding hydrogens is 190 g/mol. The minimum atomic E-state index is -3.77. The van der Waals surface area contributed by atoms with E-state index < -0.39 is 9.05 Å². The zero-order valence-electron chi connectivity index (χ0n) is 5.96. The molecule has 0 amide bonds. The molecule has 0 bridgehead atoms. The second-order valence-electron chi connectivity index (χ2n) is 2.12. The highest BCUT2D eigenvalue weighted by atomic mass is 35.7. The van der Waals surface area contributed by atoms with E-state index in [1.807, 2.05) is 0 Å². The molecule has 4 nitrogen and oxygen atoms in total. The highest BCUT2D eigenvalue weighted by Crippen LogP contribution is 2.20. The minimum absolute atomic E-state index is 0.267. The van der Waals surface area contributed by atoms with Crippen molar-refractivity contribution in [2.75, 3.05) is 0 Å². The Kier molecular flexibility index (Phi) is 1.94. The molecule has 0 unspecified atom stereocenters. The van der Waals surface area contributed by atoms with Gasteiger partial charge in [-0.2, -0.15) is 0 Å². The van der Waals surface area contributed by atoms with Crippen LogP contribution in [0, 0.1) is 13.8 Å². The highest BCUT2D eigenvalue weighted by molar-refractivity contribution is 8.13. The second kappa shape index (κ2) is 2.49. The van der Waals surface area contributed by atoms with Gasteiger partial charge in [-0.05, 0) is 13.8 Å². The van der Waals surface area contributed by atoms with E-state index in [0.29, 0.717) is 11.3 Å². The van der Waals surface area contributed by atoms with Crippen molar-refractivity contribution in [1.82, 2.24) is 5.16 Å². The highest BCUT2D eigenvalue weighted by Gasteiger charge is 2.20. The molecule has 62 valence electrons. The van der Waals surface area contributed by atoms with Crippen molar-refractivity contribution < 1.29 is 12.9 Å². The lowest BCUT2D eigenvalue weighted by molar-refractivity contribution is 0.337. The van der Waals surface area contributed by atoms with Crippen molar-refractivity contribution in [3.05, 3.63) is 11.3 Å². The molecule has 11 heavy (non-hydrogen) atoms. The summed E-state index contributed by atoms with van der Waals surface area (Å²) in [7, 11) is 1.25. The molecule has 1 heterocycles. The fraction of sp³-hybridized carbons (Fsp3) is 0.400. The third-order valence-corrected chi connectivity index (χ3v) is 2.58. The topological polar surface area (TPSA) is 60.2 Å². The molecule has 0 aliphatic carbocycles. The zero-order chi connectivity index (χ0) is 8.65. The fourth-order valence-electron chi connectivity index (χ4n) is 0.622. The quantitative estimate of drug-likeness (QED) is 0.633. The average molecular weight is 196 g/mol. The molecule has 1 aromatic rings. The van der Waals surface area contributed by atoms with Crippen LogP contribution in [0.5, 0.6) is 0 Å². The molecule has 6 heteroatoms. The lowest BCUT2D eigenvalue weighted by atomic mass is 10.3. The number of rotatable bonds is 1. The molecule has 0 atom stereocenters. The first kappa shape index (κ1) is 8.55. The molecule has 1 aromatic heterocycles. The summed E-state index contributed by atoms with van der Waals surface area (Å²) in [6, 6.07) is 0. The summed E-state index contributed by atoms with van der Waals surface area (Å²) >= 11 is 0. The Hall–Kier alpha value is -0.550. The summed E-state index contributed by atoms with van der Waals surface area (Å²) in [6.07, 6.45) is 0. The van der Waals surface area contributed by atoms with E-state index in [1.54, 1.807) is 13.8 Å². The molecule has 0 aromatic carbocycles. The summed E-state index contributed by atoms with van der Waals surface area (Å²) in [6.45, 7) is 3.23. The summed E-state index contributed by atoms with van der Waals surface area (Å²) < 4.78 is 25.9. The first-order valence-electron chi connectivity index (χ1n) is 2.80. The molecular formula is C5H6ClNO3S. The van der Waals surface area contributed by atoms with Crippen molar-refractivity contribution in [2.24, 2.45) is 0 Å². The van der Waals surface area contributed by atoms with Crippen molar-refractivity contribution in [3.63, 3.8) is 0 Å². The molecule has 0 radical (unpaired) electrons. The third-order valence-electron chi connectivity index (χ3n) is 1.34. The second-order valence-corrected chi connectivity index (χ2v) is 4.58. The maximum Gasteiger partial charge on any atom is 0.297 e. The zero-order valence-corrected chi connectivity index (χ0v) is 7.53. The molecule has 0 aliphatic rings. The van der Waals surface area contributed by atoms with Gasteiger partial charge < -0.3 is 4.52 Å². The first-order chi connectivity index (χ1) is 4.93. The van der Waals surface area contributed by atoms with Crippen molar-refractivity contribution >= 4 is 19.7 Å². The Labute approximate surface area is 68.6 Å². The number of nitrogens with zero attached hydrogens (tertiary/aromatic N) is 1. The van der Waals surface area contributed by atoms with Gasteiger partial charge in [-0.1, -0.05) is 5.16 Å². The van der Waals surface area contributed by atoms with E-state index in [1.165, 1.54) is 0 Å². The number of hydrogen-bond acceptors (Lipinski definition) is 4. The smallest absolute Gasteiger partial charge is 0.297 e. The van der Waals surface area contributed by atoms with Crippen LogP contribution in [0.1, 0.15) is 11.3 Å². The SMILES string of the molecule is Cc1noc(S(=O)(=O)Cl)c1C. The monoisotopic (exact) mass is 195 g/mol. The van der Waals surface area contributed by atoms with Gasteiger partial charge in [-0.15, -0.1) is 0 Å². The molecule has 0 spiro atoms. The Balaban J connectivity index is 3.38. The van der Waals surface area contributed by atoms with Gasteiger partial charge in [-0.25, -0.2) is 8.42 Å². The predicted octanol–water partition coefficient (Wildman–Crippen LogP) is 1.22. The summed E-state index contributed by atoms with van der Waals surface area (Å²) in [5.74, 6) is 0. The van der Waals surface area contributed by atoms with Crippen LogP contribution in [0.25, 0.3) is 0 Å². The molecule has 0 aliphatic heterocycles. The van der Waals surface area contributed by atoms with Crippen LogP contribution >= 0.6 is 10.7 Å². The molecule has 0 saturated heterocycles. The number of halogens is 1. The van der Waals surface area contributed by atoms with Gasteiger partial charge >= 0.3 is 0 Å². The molecule has 0 saturated carbocycles. The lowest BCUT2D eigenvalue weighted by Crippen LogP contribution is -1.90. The largest absolute Gasteiger partial charge is 0.343 e. The van der Waals surface area contributed by atoms with E-state index in [2.05, 4.69) is 9.68 Å². The van der Waals surface area contributed by atoms with Crippen LogP contribution in [-0.4, -0.2) is 13.6 Å². The molecule has 0 fully saturated rings. The summed E-state index contributed by atoms with van der Waals surface area (Å²) in [5, 5.41) is 3.18. The minimum Gasteiger partial charge on any atom is -0.343 e. The van der Waals surface area contributed by atoms with Gasteiger partial charge in [0, 0.05) is 16.2 Å². The van der Waals surface area contributed by atoms with Gasteiger partial charge in [0.15, 0.2) is 0 Å². The van der Waals surface area contributed by atoms with Crippen LogP contribution in [0.4, 0.5) is 0 Å². The Morgan fingerprint density at radius 3 is 2.18 bits per heavy atom. The van der Waals surface area contributed by atoms with Gasteiger partial charge in [0.2, 0.25) is 0 Å². The normalized spacial score (nSPS) is 11.9. The van der Waals surface area contributed by atoms with Crippen molar-refractivity contribution in [3.8, 4) is 0 Å². The van der Waals surface area contributed by atoms with E-state index >= 15 is 0 Å². The number of aromatic nitrogens is 1. The van der Waals surface area contributed by atoms with Crippen LogP contribution < -0.4 is 0 Å². The Morgan fingerprint density at radius 1 is 1.45 bits per heavy atom. The van der Waals surface area contributed by atoms with E-state index in [-0.39, 0.29) is 5.09 Å². The fourth-order valence-corrected chi connectivity index (χ4v) is 1.69. The Bertz CT molecular complexity index is 367. The van der Waals surface area contributed by atoms with Gasteiger partial charge in [0.05, 0.1) is 5.69 Å². The van der Waals surface area contributed by atoms with E-state index in [0.717, 1.165) is 0 Å². The van der Waals surface area contributed by atoms with E-state index in [9.17, 15) is 8.42 Å². The average Bonchev–Trinajstić information content (AvgIpc) is 2.11. The maximum atomic E-state index is 10.7. The van der Waals surface area contributed by atoms with Crippen LogP contribution in [0.2, 0.25) is 0 Å². The van der Waals surface area contributed by atoms with E-state index in [4.69, 9.17) is 10.7 Å².